The lowest BCUT2D eigenvalue weighted by Gasteiger charge is -2.22. The van der Waals surface area contributed by atoms with Gasteiger partial charge in [-0.2, -0.15) is 5.10 Å². The van der Waals surface area contributed by atoms with Gasteiger partial charge in [-0.25, -0.2) is 4.39 Å². The summed E-state index contributed by atoms with van der Waals surface area (Å²) in [7, 11) is 0. The van der Waals surface area contributed by atoms with Crippen LogP contribution in [-0.2, 0) is 6.54 Å². The molecule has 23 heavy (non-hydrogen) atoms. The molecule has 0 unspecified atom stereocenters. The van der Waals surface area contributed by atoms with Gasteiger partial charge in [-0.3, -0.25) is 9.67 Å². The average molecular weight is 312 g/mol. The highest BCUT2D eigenvalue weighted by Crippen LogP contribution is 2.19. The molecule has 0 aliphatic rings. The summed E-state index contributed by atoms with van der Waals surface area (Å²) >= 11 is 0. The highest BCUT2D eigenvalue weighted by Gasteiger charge is 2.15. The molecule has 2 aromatic heterocycles. The second-order valence-corrected chi connectivity index (χ2v) is 6.05. The van der Waals surface area contributed by atoms with E-state index in [1.54, 1.807) is 12.3 Å². The molecule has 3 rings (SSSR count). The van der Waals surface area contributed by atoms with Gasteiger partial charge in [-0.05, 0) is 50.1 Å². The van der Waals surface area contributed by atoms with E-state index in [4.69, 9.17) is 0 Å². The van der Waals surface area contributed by atoms with Gasteiger partial charge in [0.25, 0.3) is 0 Å². The fourth-order valence-corrected chi connectivity index (χ4v) is 2.69. The number of hydrogen-bond donors (Lipinski definition) is 1. The van der Waals surface area contributed by atoms with Crippen LogP contribution in [-0.4, -0.2) is 20.8 Å². The lowest BCUT2D eigenvalue weighted by molar-refractivity contribution is 0.365. The van der Waals surface area contributed by atoms with Gasteiger partial charge in [-0.1, -0.05) is 6.07 Å². The van der Waals surface area contributed by atoms with Crippen LogP contribution in [0.15, 0.2) is 42.9 Å². The lowest BCUT2D eigenvalue weighted by atomic mass is 10.1. The molecule has 1 aromatic carbocycles. The smallest absolute Gasteiger partial charge is 0.124 e. The predicted octanol–water partition coefficient (Wildman–Crippen LogP) is 3.62. The third kappa shape index (κ3) is 3.40. The van der Waals surface area contributed by atoms with Crippen molar-refractivity contribution in [3.63, 3.8) is 0 Å². The summed E-state index contributed by atoms with van der Waals surface area (Å²) in [6, 6.07) is 7.17. The number of halogens is 1. The van der Waals surface area contributed by atoms with Crippen LogP contribution in [0.2, 0.25) is 0 Å². The van der Waals surface area contributed by atoms with Crippen LogP contribution in [0.5, 0.6) is 0 Å². The van der Waals surface area contributed by atoms with E-state index in [1.807, 2.05) is 36.1 Å². The summed E-state index contributed by atoms with van der Waals surface area (Å²) in [6.07, 6.45) is 5.62. The third-order valence-electron chi connectivity index (χ3n) is 4.23. The highest BCUT2D eigenvalue weighted by atomic mass is 19.1. The number of fused-ring (bicyclic) bond motifs is 1. The zero-order valence-electron chi connectivity index (χ0n) is 13.6. The van der Waals surface area contributed by atoms with Crippen molar-refractivity contribution in [2.75, 3.05) is 0 Å². The standard InChI is InChI=1S/C18H21FN4/c1-12-9-22-23(11-12)14(3)13(2)21-10-16-8-17(19)7-15-5-4-6-20-18(15)16/h4-9,11,13-14,21H,10H2,1-3H3/t13-,14-/m1/s1. The van der Waals surface area contributed by atoms with E-state index >= 15 is 0 Å². The number of hydrogen-bond acceptors (Lipinski definition) is 3. The highest BCUT2D eigenvalue weighted by molar-refractivity contribution is 5.81. The molecule has 0 bridgehead atoms. The van der Waals surface area contributed by atoms with Crippen LogP contribution in [0.25, 0.3) is 10.9 Å². The second-order valence-electron chi connectivity index (χ2n) is 6.05. The number of pyridine rings is 1. The van der Waals surface area contributed by atoms with Crippen molar-refractivity contribution in [3.8, 4) is 0 Å². The minimum Gasteiger partial charge on any atom is -0.308 e. The molecule has 3 aromatic rings. The largest absolute Gasteiger partial charge is 0.308 e. The summed E-state index contributed by atoms with van der Waals surface area (Å²) < 4.78 is 15.7. The van der Waals surface area contributed by atoms with E-state index < -0.39 is 0 Å². The van der Waals surface area contributed by atoms with E-state index in [2.05, 4.69) is 29.2 Å². The van der Waals surface area contributed by atoms with Gasteiger partial charge >= 0.3 is 0 Å². The Labute approximate surface area is 135 Å². The minimum atomic E-state index is -0.231. The van der Waals surface area contributed by atoms with Crippen molar-refractivity contribution in [2.24, 2.45) is 0 Å². The maximum atomic E-state index is 13.8. The molecule has 0 radical (unpaired) electrons. The summed E-state index contributed by atoms with van der Waals surface area (Å²) in [5, 5.41) is 8.64. The zero-order valence-corrected chi connectivity index (χ0v) is 13.6. The van der Waals surface area contributed by atoms with Crippen molar-refractivity contribution in [1.29, 1.82) is 0 Å². The number of aromatic nitrogens is 3. The molecule has 0 saturated heterocycles. The van der Waals surface area contributed by atoms with E-state index in [1.165, 1.54) is 6.07 Å². The molecule has 2 atom stereocenters. The molecule has 0 fully saturated rings. The topological polar surface area (TPSA) is 42.7 Å². The molecule has 0 spiro atoms. The van der Waals surface area contributed by atoms with E-state index in [0.29, 0.717) is 6.54 Å². The summed E-state index contributed by atoms with van der Waals surface area (Å²) in [5.41, 5.74) is 2.86. The Morgan fingerprint density at radius 1 is 1.30 bits per heavy atom. The fraction of sp³-hybridized carbons (Fsp3) is 0.333. The summed E-state index contributed by atoms with van der Waals surface area (Å²) in [4.78, 5) is 4.38. The molecular weight excluding hydrogens is 291 g/mol. The van der Waals surface area contributed by atoms with Gasteiger partial charge in [0.2, 0.25) is 0 Å². The van der Waals surface area contributed by atoms with Gasteiger partial charge in [0.05, 0.1) is 17.8 Å². The maximum absolute atomic E-state index is 13.8. The van der Waals surface area contributed by atoms with Crippen LogP contribution >= 0.6 is 0 Å². The second kappa shape index (κ2) is 6.46. The SMILES string of the molecule is Cc1cnn([C@H](C)[C@@H](C)NCc2cc(F)cc3cccnc23)c1. The molecular formula is C18H21FN4. The summed E-state index contributed by atoms with van der Waals surface area (Å²) in [5.74, 6) is -0.231. The molecule has 0 aliphatic heterocycles. The Hall–Kier alpha value is -2.27. The van der Waals surface area contributed by atoms with Crippen LogP contribution in [0.1, 0.15) is 31.0 Å². The van der Waals surface area contributed by atoms with Crippen LogP contribution in [0.3, 0.4) is 0 Å². The van der Waals surface area contributed by atoms with E-state index in [9.17, 15) is 4.39 Å². The Balaban J connectivity index is 1.75. The Morgan fingerprint density at radius 2 is 2.13 bits per heavy atom. The number of nitrogens with one attached hydrogen (secondary N) is 1. The first-order valence-electron chi connectivity index (χ1n) is 7.82. The number of benzene rings is 1. The van der Waals surface area contributed by atoms with Gasteiger partial charge in [0, 0.05) is 30.4 Å². The number of rotatable bonds is 5. The molecule has 120 valence electrons. The molecule has 0 amide bonds. The van der Waals surface area contributed by atoms with Crippen molar-refractivity contribution in [2.45, 2.75) is 39.4 Å². The first kappa shape index (κ1) is 15.6. The van der Waals surface area contributed by atoms with Crippen molar-refractivity contribution in [1.82, 2.24) is 20.1 Å². The van der Waals surface area contributed by atoms with Gasteiger partial charge in [0.15, 0.2) is 0 Å². The third-order valence-corrected chi connectivity index (χ3v) is 4.23. The molecule has 1 N–H and O–H groups in total. The maximum Gasteiger partial charge on any atom is 0.124 e. The lowest BCUT2D eigenvalue weighted by Crippen LogP contribution is -2.33. The quantitative estimate of drug-likeness (QED) is 0.782. The minimum absolute atomic E-state index is 0.191. The Bertz CT molecular complexity index is 812. The molecule has 4 nitrogen and oxygen atoms in total. The fourth-order valence-electron chi connectivity index (χ4n) is 2.69. The van der Waals surface area contributed by atoms with Gasteiger partial charge < -0.3 is 5.32 Å². The van der Waals surface area contributed by atoms with Crippen LogP contribution < -0.4 is 5.32 Å². The Morgan fingerprint density at radius 3 is 2.87 bits per heavy atom. The van der Waals surface area contributed by atoms with Gasteiger partial charge in [-0.15, -0.1) is 0 Å². The van der Waals surface area contributed by atoms with E-state index in [-0.39, 0.29) is 17.9 Å². The zero-order chi connectivity index (χ0) is 16.4. The van der Waals surface area contributed by atoms with Gasteiger partial charge in [0.1, 0.15) is 5.82 Å². The predicted molar refractivity (Wildman–Crippen MR) is 89.7 cm³/mol. The van der Waals surface area contributed by atoms with Crippen molar-refractivity contribution >= 4 is 10.9 Å². The first-order chi connectivity index (χ1) is 11.0. The van der Waals surface area contributed by atoms with Crippen LogP contribution in [0.4, 0.5) is 4.39 Å². The molecule has 0 aliphatic carbocycles. The van der Waals surface area contributed by atoms with Crippen molar-refractivity contribution < 1.29 is 4.39 Å². The van der Waals surface area contributed by atoms with E-state index in [0.717, 1.165) is 22.0 Å². The van der Waals surface area contributed by atoms with Crippen molar-refractivity contribution in [3.05, 3.63) is 59.8 Å². The molecule has 0 saturated carbocycles. The molecule has 5 heteroatoms. The normalized spacial score (nSPS) is 14.1. The summed E-state index contributed by atoms with van der Waals surface area (Å²) in [6.45, 7) is 6.82. The molecule has 2 heterocycles. The average Bonchev–Trinajstić information content (AvgIpc) is 2.97. The van der Waals surface area contributed by atoms with Crippen LogP contribution in [0, 0.1) is 12.7 Å². The Kier molecular flexibility index (Phi) is 4.39. The first-order valence-corrected chi connectivity index (χ1v) is 7.82. The monoisotopic (exact) mass is 312 g/mol. The number of aryl methyl sites for hydroxylation is 1. The number of nitrogens with zero attached hydrogens (tertiary/aromatic N) is 3.